The largest absolute Gasteiger partial charge is 0.394 e. The van der Waals surface area contributed by atoms with Crippen molar-refractivity contribution in [3.8, 4) is 0 Å². The summed E-state index contributed by atoms with van der Waals surface area (Å²) in [5, 5.41) is 15.4. The van der Waals surface area contributed by atoms with E-state index in [1.165, 1.54) is 0 Å². The Balaban J connectivity index is 1.66. The molecule has 0 radical (unpaired) electrons. The zero-order valence-corrected chi connectivity index (χ0v) is 9.07. The zero-order chi connectivity index (χ0) is 10.7. The van der Waals surface area contributed by atoms with Crippen LogP contribution in [0.3, 0.4) is 0 Å². The Labute approximate surface area is 89.9 Å². The van der Waals surface area contributed by atoms with Crippen LogP contribution in [0.25, 0.3) is 0 Å². The summed E-state index contributed by atoms with van der Waals surface area (Å²) in [6.45, 7) is 3.85. The van der Waals surface area contributed by atoms with Crippen LogP contribution in [0.1, 0.15) is 19.8 Å². The Morgan fingerprint density at radius 3 is 2.93 bits per heavy atom. The maximum absolute atomic E-state index is 8.92. The SMILES string of the molecule is CC1CN=C(NC[C@H]2CC[C@@H](CO)O2)N1. The molecule has 0 aromatic heterocycles. The van der Waals surface area contributed by atoms with E-state index in [9.17, 15) is 0 Å². The van der Waals surface area contributed by atoms with Gasteiger partial charge in [0.25, 0.3) is 0 Å². The molecule has 15 heavy (non-hydrogen) atoms. The van der Waals surface area contributed by atoms with Crippen LogP contribution in [-0.2, 0) is 4.74 Å². The minimum absolute atomic E-state index is 0.0363. The highest BCUT2D eigenvalue weighted by atomic mass is 16.5. The molecule has 1 fully saturated rings. The molecule has 0 spiro atoms. The topological polar surface area (TPSA) is 65.9 Å². The Morgan fingerprint density at radius 2 is 2.33 bits per heavy atom. The molecule has 1 unspecified atom stereocenters. The number of hydrogen-bond acceptors (Lipinski definition) is 5. The van der Waals surface area contributed by atoms with Crippen molar-refractivity contribution < 1.29 is 9.84 Å². The van der Waals surface area contributed by atoms with E-state index in [2.05, 4.69) is 22.5 Å². The van der Waals surface area contributed by atoms with Gasteiger partial charge in [0.1, 0.15) is 0 Å². The third-order valence-corrected chi connectivity index (χ3v) is 2.80. The summed E-state index contributed by atoms with van der Waals surface area (Å²) < 4.78 is 5.60. The first kappa shape index (κ1) is 10.7. The van der Waals surface area contributed by atoms with E-state index >= 15 is 0 Å². The second-order valence-electron chi connectivity index (χ2n) is 4.26. The molecule has 2 aliphatic heterocycles. The normalized spacial score (nSPS) is 35.1. The summed E-state index contributed by atoms with van der Waals surface area (Å²) in [6.07, 6.45) is 2.22. The average Bonchev–Trinajstić information content (AvgIpc) is 2.83. The average molecular weight is 213 g/mol. The van der Waals surface area contributed by atoms with Crippen LogP contribution in [0.15, 0.2) is 4.99 Å². The van der Waals surface area contributed by atoms with Crippen LogP contribution in [0.4, 0.5) is 0 Å². The molecule has 0 amide bonds. The zero-order valence-electron chi connectivity index (χ0n) is 9.07. The molecule has 3 atom stereocenters. The summed E-state index contributed by atoms with van der Waals surface area (Å²) in [6, 6.07) is 0.433. The minimum atomic E-state index is 0.0363. The summed E-state index contributed by atoms with van der Waals surface area (Å²) in [4.78, 5) is 4.31. The quantitative estimate of drug-likeness (QED) is 0.589. The molecule has 3 N–H and O–H groups in total. The molecule has 2 aliphatic rings. The van der Waals surface area contributed by atoms with Gasteiger partial charge in [-0.3, -0.25) is 4.99 Å². The lowest BCUT2D eigenvalue weighted by Gasteiger charge is -2.14. The molecule has 0 saturated carbocycles. The lowest BCUT2D eigenvalue weighted by Crippen LogP contribution is -2.41. The molecular weight excluding hydrogens is 194 g/mol. The third kappa shape index (κ3) is 2.82. The lowest BCUT2D eigenvalue weighted by molar-refractivity contribution is 0.0140. The van der Waals surface area contributed by atoms with E-state index in [1.807, 2.05) is 0 Å². The summed E-state index contributed by atoms with van der Waals surface area (Å²) in [5.74, 6) is 0.874. The number of nitrogens with zero attached hydrogens (tertiary/aromatic N) is 1. The first-order valence-corrected chi connectivity index (χ1v) is 5.59. The van der Waals surface area contributed by atoms with Gasteiger partial charge in [-0.25, -0.2) is 0 Å². The predicted molar refractivity (Wildman–Crippen MR) is 57.9 cm³/mol. The van der Waals surface area contributed by atoms with Crippen LogP contribution >= 0.6 is 0 Å². The maximum atomic E-state index is 8.92. The summed E-state index contributed by atoms with van der Waals surface area (Å²) in [5.41, 5.74) is 0. The molecule has 1 saturated heterocycles. The van der Waals surface area contributed by atoms with Gasteiger partial charge in [-0.15, -0.1) is 0 Å². The summed E-state index contributed by atoms with van der Waals surface area (Å²) in [7, 11) is 0. The molecule has 0 bridgehead atoms. The van der Waals surface area contributed by atoms with Gasteiger partial charge in [-0.2, -0.15) is 0 Å². The van der Waals surface area contributed by atoms with E-state index in [-0.39, 0.29) is 18.8 Å². The van der Waals surface area contributed by atoms with E-state index in [0.717, 1.165) is 31.9 Å². The highest BCUT2D eigenvalue weighted by Crippen LogP contribution is 2.18. The Hall–Kier alpha value is -0.810. The minimum Gasteiger partial charge on any atom is -0.394 e. The summed E-state index contributed by atoms with van der Waals surface area (Å²) >= 11 is 0. The van der Waals surface area contributed by atoms with Gasteiger partial charge in [0, 0.05) is 12.6 Å². The molecule has 5 nitrogen and oxygen atoms in total. The fourth-order valence-corrected chi connectivity index (χ4v) is 1.93. The van der Waals surface area contributed by atoms with Crippen molar-refractivity contribution in [2.45, 2.75) is 38.0 Å². The fraction of sp³-hybridized carbons (Fsp3) is 0.900. The van der Waals surface area contributed by atoms with Gasteiger partial charge in [0.15, 0.2) is 5.96 Å². The molecule has 0 aromatic carbocycles. The number of aliphatic hydroxyl groups is 1. The molecule has 2 heterocycles. The van der Waals surface area contributed by atoms with E-state index in [4.69, 9.17) is 9.84 Å². The number of aliphatic imine (C=N–C) groups is 1. The Morgan fingerprint density at radius 1 is 1.53 bits per heavy atom. The van der Waals surface area contributed by atoms with E-state index < -0.39 is 0 Å². The van der Waals surface area contributed by atoms with Gasteiger partial charge in [-0.1, -0.05) is 0 Å². The van der Waals surface area contributed by atoms with Crippen molar-refractivity contribution in [1.82, 2.24) is 10.6 Å². The first-order chi connectivity index (χ1) is 7.28. The number of aliphatic hydroxyl groups excluding tert-OH is 1. The monoisotopic (exact) mass is 213 g/mol. The van der Waals surface area contributed by atoms with Crippen LogP contribution in [0, 0.1) is 0 Å². The van der Waals surface area contributed by atoms with Gasteiger partial charge in [0.05, 0.1) is 25.4 Å². The number of ether oxygens (including phenoxy) is 1. The Bertz CT molecular complexity index is 245. The molecule has 2 rings (SSSR count). The lowest BCUT2D eigenvalue weighted by atomic mass is 10.2. The second kappa shape index (κ2) is 4.81. The highest BCUT2D eigenvalue weighted by Gasteiger charge is 2.24. The number of guanidine groups is 1. The van der Waals surface area contributed by atoms with Crippen molar-refractivity contribution in [3.05, 3.63) is 0 Å². The van der Waals surface area contributed by atoms with Crippen molar-refractivity contribution >= 4 is 5.96 Å². The van der Waals surface area contributed by atoms with Gasteiger partial charge < -0.3 is 20.5 Å². The molecule has 5 heteroatoms. The number of hydrogen-bond donors (Lipinski definition) is 3. The van der Waals surface area contributed by atoms with Crippen molar-refractivity contribution in [2.24, 2.45) is 4.99 Å². The van der Waals surface area contributed by atoms with Crippen molar-refractivity contribution in [3.63, 3.8) is 0 Å². The Kier molecular flexibility index (Phi) is 3.43. The van der Waals surface area contributed by atoms with Gasteiger partial charge >= 0.3 is 0 Å². The molecule has 86 valence electrons. The van der Waals surface area contributed by atoms with E-state index in [0.29, 0.717) is 6.04 Å². The van der Waals surface area contributed by atoms with E-state index in [1.54, 1.807) is 0 Å². The van der Waals surface area contributed by atoms with Crippen LogP contribution in [0.2, 0.25) is 0 Å². The van der Waals surface area contributed by atoms with Crippen LogP contribution < -0.4 is 10.6 Å². The maximum Gasteiger partial charge on any atom is 0.191 e. The standard InChI is InChI=1S/C10H19N3O2/c1-7-4-11-10(13-7)12-5-8-2-3-9(6-14)15-8/h7-9,14H,2-6H2,1H3,(H2,11,12,13)/t7?,8-,9+/m1/s1. The highest BCUT2D eigenvalue weighted by molar-refractivity contribution is 5.81. The third-order valence-electron chi connectivity index (χ3n) is 2.80. The smallest absolute Gasteiger partial charge is 0.191 e. The second-order valence-corrected chi connectivity index (χ2v) is 4.26. The first-order valence-electron chi connectivity index (χ1n) is 5.59. The van der Waals surface area contributed by atoms with Gasteiger partial charge in [-0.05, 0) is 19.8 Å². The van der Waals surface area contributed by atoms with Crippen LogP contribution in [-0.4, -0.2) is 49.0 Å². The molecular formula is C10H19N3O2. The van der Waals surface area contributed by atoms with Crippen molar-refractivity contribution in [2.75, 3.05) is 19.7 Å². The predicted octanol–water partition coefficient (Wildman–Crippen LogP) is -0.536. The number of nitrogens with one attached hydrogen (secondary N) is 2. The molecule has 0 aliphatic carbocycles. The van der Waals surface area contributed by atoms with Crippen molar-refractivity contribution in [1.29, 1.82) is 0 Å². The molecule has 0 aromatic rings. The van der Waals surface area contributed by atoms with Crippen LogP contribution in [0.5, 0.6) is 0 Å². The van der Waals surface area contributed by atoms with Gasteiger partial charge in [0.2, 0.25) is 0 Å². The fourth-order valence-electron chi connectivity index (χ4n) is 1.93. The number of rotatable bonds is 3.